The molecule has 8 bridgehead atoms. The largest absolute Gasteiger partial charge is 0.494 e. The van der Waals surface area contributed by atoms with E-state index in [-0.39, 0.29) is 12.1 Å². The SMILES string of the molecule is Cc1cccc(C)c1N1Cc2cnc3nc2N(CCCCOc2cccc(c2)N3)C1=O.Cc1cccc(Cl)c1N1Cc2cnc3nc2N(C/C=C/COc2cc(ccc2N2CCN(C)CC2)N3)C1=O. The van der Waals surface area contributed by atoms with Gasteiger partial charge in [0.2, 0.25) is 11.9 Å². The summed E-state index contributed by atoms with van der Waals surface area (Å²) in [5, 5.41) is 7.08. The molecular formula is C52H55ClN12O4. The van der Waals surface area contributed by atoms with Crippen molar-refractivity contribution in [1.29, 1.82) is 0 Å². The van der Waals surface area contributed by atoms with Crippen LogP contribution in [0.1, 0.15) is 40.7 Å². The van der Waals surface area contributed by atoms with E-state index in [2.05, 4.69) is 43.5 Å². The summed E-state index contributed by atoms with van der Waals surface area (Å²) in [6.07, 6.45) is 9.15. The highest BCUT2D eigenvalue weighted by Gasteiger charge is 2.36. The first-order valence-electron chi connectivity index (χ1n) is 23.4. The molecule has 0 spiro atoms. The molecule has 0 saturated carbocycles. The molecule has 7 heterocycles. The van der Waals surface area contributed by atoms with E-state index in [1.54, 1.807) is 27.0 Å². The molecule has 5 aliphatic rings. The Balaban J connectivity index is 0.000000164. The molecule has 354 valence electrons. The van der Waals surface area contributed by atoms with Gasteiger partial charge in [-0.2, -0.15) is 9.97 Å². The highest BCUT2D eigenvalue weighted by molar-refractivity contribution is 6.34. The summed E-state index contributed by atoms with van der Waals surface area (Å²) in [6.45, 7) is 12.6. The predicted molar refractivity (Wildman–Crippen MR) is 273 cm³/mol. The molecule has 2 aromatic heterocycles. The lowest BCUT2D eigenvalue weighted by Crippen LogP contribution is -2.49. The van der Waals surface area contributed by atoms with Crippen molar-refractivity contribution in [2.45, 2.75) is 46.7 Å². The number of halogens is 1. The number of fused-ring (bicyclic) bond motifs is 6. The number of amides is 4. The van der Waals surface area contributed by atoms with E-state index >= 15 is 0 Å². The average molecular weight is 948 g/mol. The van der Waals surface area contributed by atoms with Gasteiger partial charge in [-0.3, -0.25) is 19.6 Å². The summed E-state index contributed by atoms with van der Waals surface area (Å²) in [5.74, 6) is 3.77. The Bertz CT molecular complexity index is 2900. The highest BCUT2D eigenvalue weighted by Crippen LogP contribution is 2.39. The van der Waals surface area contributed by atoms with Gasteiger partial charge in [-0.1, -0.05) is 54.1 Å². The number of hydrogen-bond donors (Lipinski definition) is 2. The second-order valence-corrected chi connectivity index (χ2v) is 18.2. The number of likely N-dealkylation sites (N-methyl/N-ethyl adjacent to an activating group) is 1. The quantitative estimate of drug-likeness (QED) is 0.163. The number of ether oxygens (including phenoxy) is 2. The molecular weight excluding hydrogens is 892 g/mol. The summed E-state index contributed by atoms with van der Waals surface area (Å²) < 4.78 is 12.1. The number of hydrogen-bond acceptors (Lipinski definition) is 12. The molecule has 4 amide bonds. The van der Waals surface area contributed by atoms with Gasteiger partial charge >= 0.3 is 12.1 Å². The van der Waals surface area contributed by atoms with Gasteiger partial charge in [-0.05, 0) is 93.8 Å². The van der Waals surface area contributed by atoms with Crippen molar-refractivity contribution in [2.24, 2.45) is 0 Å². The molecule has 0 aliphatic carbocycles. The Kier molecular flexibility index (Phi) is 12.9. The number of nitrogens with one attached hydrogen (secondary N) is 2. The molecule has 17 heteroatoms. The second kappa shape index (κ2) is 19.7. The summed E-state index contributed by atoms with van der Waals surface area (Å²) in [6, 6.07) is 25.4. The van der Waals surface area contributed by atoms with Gasteiger partial charge in [-0.15, -0.1) is 0 Å². The minimum atomic E-state index is -0.184. The van der Waals surface area contributed by atoms with Crippen LogP contribution >= 0.6 is 11.6 Å². The number of urea groups is 2. The van der Waals surface area contributed by atoms with Crippen LogP contribution in [0, 0.1) is 20.8 Å². The predicted octanol–water partition coefficient (Wildman–Crippen LogP) is 9.79. The molecule has 11 rings (SSSR count). The van der Waals surface area contributed by atoms with Crippen molar-refractivity contribution in [3.63, 3.8) is 0 Å². The van der Waals surface area contributed by atoms with Crippen molar-refractivity contribution in [1.82, 2.24) is 24.8 Å². The number of para-hydroxylation sites is 2. The zero-order chi connectivity index (χ0) is 47.6. The minimum Gasteiger partial charge on any atom is -0.494 e. The number of rotatable bonds is 3. The monoisotopic (exact) mass is 946 g/mol. The Hall–Kier alpha value is -7.43. The fourth-order valence-corrected chi connectivity index (χ4v) is 9.68. The zero-order valence-corrected chi connectivity index (χ0v) is 40.0. The minimum absolute atomic E-state index is 0.0501. The Morgan fingerprint density at radius 3 is 1.96 bits per heavy atom. The van der Waals surface area contributed by atoms with E-state index in [9.17, 15) is 9.59 Å². The van der Waals surface area contributed by atoms with Crippen LogP contribution in [0.25, 0.3) is 0 Å². The third-order valence-corrected chi connectivity index (χ3v) is 13.2. The molecule has 2 N–H and O–H groups in total. The average Bonchev–Trinajstić information content (AvgIpc) is 3.35. The molecule has 1 fully saturated rings. The van der Waals surface area contributed by atoms with Crippen LogP contribution in [0.5, 0.6) is 11.5 Å². The normalized spacial score (nSPS) is 17.4. The Morgan fingerprint density at radius 1 is 0.623 bits per heavy atom. The van der Waals surface area contributed by atoms with Gasteiger partial charge in [0.15, 0.2) is 0 Å². The van der Waals surface area contributed by atoms with Crippen molar-refractivity contribution >= 4 is 75.6 Å². The van der Waals surface area contributed by atoms with Crippen LogP contribution in [-0.2, 0) is 13.1 Å². The van der Waals surface area contributed by atoms with Gasteiger partial charge in [0, 0.05) is 86.3 Å². The maximum Gasteiger partial charge on any atom is 0.330 e. The highest BCUT2D eigenvalue weighted by atomic mass is 35.5. The first-order chi connectivity index (χ1) is 33.6. The number of carbonyl (C=O) groups excluding carboxylic acids is 2. The van der Waals surface area contributed by atoms with Crippen LogP contribution in [0.2, 0.25) is 5.02 Å². The maximum absolute atomic E-state index is 13.8. The fraction of sp³-hybridized carbons (Fsp3) is 0.308. The van der Waals surface area contributed by atoms with Gasteiger partial charge in [0.05, 0.1) is 41.8 Å². The number of anilines is 9. The van der Waals surface area contributed by atoms with E-state index < -0.39 is 0 Å². The van der Waals surface area contributed by atoms with E-state index in [4.69, 9.17) is 31.0 Å². The molecule has 69 heavy (non-hydrogen) atoms. The number of nitrogens with zero attached hydrogens (tertiary/aromatic N) is 10. The molecule has 0 atom stereocenters. The van der Waals surface area contributed by atoms with Gasteiger partial charge in [0.25, 0.3) is 0 Å². The van der Waals surface area contributed by atoms with Crippen molar-refractivity contribution in [2.75, 3.05) is 94.7 Å². The van der Waals surface area contributed by atoms with Crippen LogP contribution < -0.4 is 44.6 Å². The smallest absolute Gasteiger partial charge is 0.330 e. The lowest BCUT2D eigenvalue weighted by atomic mass is 10.1. The van der Waals surface area contributed by atoms with E-state index in [1.807, 2.05) is 111 Å². The number of piperazine rings is 1. The van der Waals surface area contributed by atoms with Crippen LogP contribution in [0.15, 0.2) is 103 Å². The molecule has 0 unspecified atom stereocenters. The van der Waals surface area contributed by atoms with Crippen LogP contribution in [0.3, 0.4) is 0 Å². The fourth-order valence-electron chi connectivity index (χ4n) is 9.35. The van der Waals surface area contributed by atoms with Crippen LogP contribution in [-0.4, -0.2) is 96.4 Å². The molecule has 5 aliphatic heterocycles. The van der Waals surface area contributed by atoms with E-state index in [1.165, 1.54) is 0 Å². The Morgan fingerprint density at radius 2 is 1.25 bits per heavy atom. The molecule has 6 aromatic rings. The van der Waals surface area contributed by atoms with Gasteiger partial charge < -0.3 is 29.9 Å². The van der Waals surface area contributed by atoms with Crippen molar-refractivity contribution in [3.8, 4) is 11.5 Å². The molecule has 1 saturated heterocycles. The summed E-state index contributed by atoms with van der Waals surface area (Å²) in [5.41, 5.74) is 9.28. The van der Waals surface area contributed by atoms with Gasteiger partial charge in [0.1, 0.15) is 29.7 Å². The topological polar surface area (TPSA) is 148 Å². The molecule has 0 radical (unpaired) electrons. The number of aryl methyl sites for hydroxylation is 3. The molecule has 16 nitrogen and oxygen atoms in total. The summed E-state index contributed by atoms with van der Waals surface area (Å²) >= 11 is 6.54. The molecule has 4 aromatic carbocycles. The Labute approximate surface area is 407 Å². The zero-order valence-electron chi connectivity index (χ0n) is 39.3. The standard InChI is InChI=1S/C28H30ClN7O2.C24H25N5O2/c1-19-6-5-7-22(29)25(19)36-18-20-17-30-27-31-21-8-9-23(34-13-11-33(2)12-14-34)24(16-21)38-15-4-3-10-35(28(36)37)26(20)32-27;1-16-7-5-8-17(2)21(16)29-15-18-14-25-23-26-19-9-6-10-20(13-19)31-12-4-3-11-28(24(29)30)22(18)27-23/h3-9,16-17H,10-15,18H2,1-2H3,(H,30,31,32);5-10,13-14H,3-4,11-12,15H2,1-2H3,(H,25,26,27)/b4-3+;. The van der Waals surface area contributed by atoms with Crippen molar-refractivity contribution < 1.29 is 19.1 Å². The first kappa shape index (κ1) is 45.4. The first-order valence-corrected chi connectivity index (χ1v) is 23.8. The lowest BCUT2D eigenvalue weighted by Gasteiger charge is -2.37. The van der Waals surface area contributed by atoms with Crippen molar-refractivity contribution in [3.05, 3.63) is 136 Å². The third kappa shape index (κ3) is 9.54. The second-order valence-electron chi connectivity index (χ2n) is 17.8. The lowest BCUT2D eigenvalue weighted by molar-refractivity contribution is 0.248. The van der Waals surface area contributed by atoms with E-state index in [0.29, 0.717) is 73.6 Å². The maximum atomic E-state index is 13.8. The number of carbonyl (C=O) groups is 2. The van der Waals surface area contributed by atoms with Gasteiger partial charge in [-0.25, -0.2) is 19.6 Å². The van der Waals surface area contributed by atoms with Crippen LogP contribution in [0.4, 0.5) is 61.6 Å². The number of aromatic nitrogens is 4. The van der Waals surface area contributed by atoms with E-state index in [0.717, 1.165) is 101 Å². The number of benzene rings is 4. The summed E-state index contributed by atoms with van der Waals surface area (Å²) in [4.78, 5) is 57.7. The third-order valence-electron chi connectivity index (χ3n) is 12.9. The summed E-state index contributed by atoms with van der Waals surface area (Å²) in [7, 11) is 2.15.